The highest BCUT2D eigenvalue weighted by Crippen LogP contribution is 2.18. The molecule has 2 N–H and O–H groups in total. The fraction of sp³-hybridized carbons (Fsp3) is 0.909. The molecule has 1 rings (SSSR count). The number of ether oxygens (including phenoxy) is 1. The van der Waals surface area contributed by atoms with Crippen molar-refractivity contribution in [3.8, 4) is 0 Å². The van der Waals surface area contributed by atoms with E-state index < -0.39 is 16.2 Å². The molecule has 0 amide bonds. The summed E-state index contributed by atoms with van der Waals surface area (Å²) >= 11 is 0. The molecule has 8 heteroatoms. The number of methoxy groups -OCH3 is 1. The monoisotopic (exact) mass is 293 g/mol. The molecule has 0 spiro atoms. The standard InChI is InChI=1S/C11H23N3O4S/c1-14(9-6-11(15)18-2)19(16,17)13-8-3-7-12-10-4-5-10/h10,12-13H,3-9H2,1-2H3. The fourth-order valence-electron chi connectivity index (χ4n) is 1.46. The molecule has 1 saturated carbocycles. The van der Waals surface area contributed by atoms with Crippen molar-refractivity contribution in [2.45, 2.75) is 31.7 Å². The van der Waals surface area contributed by atoms with Crippen molar-refractivity contribution in [1.29, 1.82) is 0 Å². The molecule has 1 aliphatic rings. The maximum atomic E-state index is 11.8. The van der Waals surface area contributed by atoms with Crippen LogP contribution in [-0.4, -0.2) is 58.5 Å². The van der Waals surface area contributed by atoms with Crippen molar-refractivity contribution in [2.24, 2.45) is 0 Å². The molecule has 1 aliphatic carbocycles. The molecule has 112 valence electrons. The summed E-state index contributed by atoms with van der Waals surface area (Å²) in [6.07, 6.45) is 3.25. The van der Waals surface area contributed by atoms with E-state index in [9.17, 15) is 13.2 Å². The van der Waals surface area contributed by atoms with Gasteiger partial charge in [-0.1, -0.05) is 0 Å². The van der Waals surface area contributed by atoms with Crippen molar-refractivity contribution >= 4 is 16.2 Å². The van der Waals surface area contributed by atoms with Crippen LogP contribution in [0, 0.1) is 0 Å². The third kappa shape index (κ3) is 6.86. The van der Waals surface area contributed by atoms with Gasteiger partial charge in [-0.2, -0.15) is 12.7 Å². The molecule has 0 aromatic heterocycles. The van der Waals surface area contributed by atoms with Crippen LogP contribution in [0.25, 0.3) is 0 Å². The van der Waals surface area contributed by atoms with E-state index in [4.69, 9.17) is 0 Å². The van der Waals surface area contributed by atoms with Gasteiger partial charge in [0.25, 0.3) is 10.2 Å². The molecule has 0 radical (unpaired) electrons. The van der Waals surface area contributed by atoms with Crippen molar-refractivity contribution in [3.05, 3.63) is 0 Å². The Balaban J connectivity index is 2.15. The van der Waals surface area contributed by atoms with Gasteiger partial charge in [0.15, 0.2) is 0 Å². The highest BCUT2D eigenvalue weighted by molar-refractivity contribution is 7.87. The highest BCUT2D eigenvalue weighted by atomic mass is 32.2. The Morgan fingerprint density at radius 1 is 1.37 bits per heavy atom. The van der Waals surface area contributed by atoms with E-state index in [0.717, 1.165) is 17.3 Å². The van der Waals surface area contributed by atoms with Crippen molar-refractivity contribution in [3.63, 3.8) is 0 Å². The first kappa shape index (κ1) is 16.4. The van der Waals surface area contributed by atoms with E-state index in [1.54, 1.807) is 0 Å². The second-order valence-electron chi connectivity index (χ2n) is 4.63. The zero-order chi connectivity index (χ0) is 14.3. The van der Waals surface area contributed by atoms with Crippen LogP contribution in [0.1, 0.15) is 25.7 Å². The molecule has 0 bridgehead atoms. The molecule has 0 unspecified atom stereocenters. The molecule has 0 aromatic carbocycles. The van der Waals surface area contributed by atoms with Gasteiger partial charge in [-0.25, -0.2) is 4.72 Å². The van der Waals surface area contributed by atoms with E-state index >= 15 is 0 Å². The minimum Gasteiger partial charge on any atom is -0.469 e. The molecule has 0 atom stereocenters. The Labute approximate surface area is 114 Å². The summed E-state index contributed by atoms with van der Waals surface area (Å²) in [5, 5.41) is 3.31. The summed E-state index contributed by atoms with van der Waals surface area (Å²) in [5.74, 6) is -0.421. The first-order valence-electron chi connectivity index (χ1n) is 6.47. The minimum absolute atomic E-state index is 0.0527. The Morgan fingerprint density at radius 2 is 2.05 bits per heavy atom. The van der Waals surface area contributed by atoms with Gasteiger partial charge in [0.05, 0.1) is 13.5 Å². The van der Waals surface area contributed by atoms with Crippen molar-refractivity contribution in [2.75, 3.05) is 33.8 Å². The largest absolute Gasteiger partial charge is 0.469 e. The topological polar surface area (TPSA) is 87.7 Å². The second-order valence-corrected chi connectivity index (χ2v) is 6.49. The summed E-state index contributed by atoms with van der Waals surface area (Å²) in [6, 6.07) is 0.638. The van der Waals surface area contributed by atoms with Gasteiger partial charge in [-0.05, 0) is 25.8 Å². The summed E-state index contributed by atoms with van der Waals surface area (Å²) in [7, 11) is -0.784. The number of nitrogens with zero attached hydrogens (tertiary/aromatic N) is 1. The van der Waals surface area contributed by atoms with Crippen LogP contribution in [0.15, 0.2) is 0 Å². The SMILES string of the molecule is COC(=O)CCN(C)S(=O)(=O)NCCCNC1CC1. The lowest BCUT2D eigenvalue weighted by atomic mass is 10.4. The average molecular weight is 293 g/mol. The van der Waals surface area contributed by atoms with Gasteiger partial charge >= 0.3 is 5.97 Å². The van der Waals surface area contributed by atoms with Crippen molar-refractivity contribution < 1.29 is 17.9 Å². The van der Waals surface area contributed by atoms with Crippen LogP contribution in [0.2, 0.25) is 0 Å². The summed E-state index contributed by atoms with van der Waals surface area (Å²) in [6.45, 7) is 1.33. The lowest BCUT2D eigenvalue weighted by molar-refractivity contribution is -0.140. The zero-order valence-corrected chi connectivity index (χ0v) is 12.3. The number of rotatable bonds is 10. The smallest absolute Gasteiger partial charge is 0.306 e. The minimum atomic E-state index is -3.50. The molecule has 1 fully saturated rings. The third-order valence-electron chi connectivity index (χ3n) is 2.92. The Morgan fingerprint density at radius 3 is 2.63 bits per heavy atom. The molecule has 19 heavy (non-hydrogen) atoms. The number of hydrogen-bond acceptors (Lipinski definition) is 5. The van der Waals surface area contributed by atoms with Gasteiger partial charge in [0.2, 0.25) is 0 Å². The van der Waals surface area contributed by atoms with Gasteiger partial charge in [0.1, 0.15) is 0 Å². The molecular formula is C11H23N3O4S. The molecule has 0 aliphatic heterocycles. The first-order valence-corrected chi connectivity index (χ1v) is 7.91. The number of hydrogen-bond donors (Lipinski definition) is 2. The number of esters is 1. The molecular weight excluding hydrogens is 270 g/mol. The van der Waals surface area contributed by atoms with Crippen LogP contribution in [0.3, 0.4) is 0 Å². The second kappa shape index (κ2) is 7.78. The summed E-state index contributed by atoms with van der Waals surface area (Å²) in [5.41, 5.74) is 0. The fourth-order valence-corrected chi connectivity index (χ4v) is 2.42. The van der Waals surface area contributed by atoms with Crippen LogP contribution >= 0.6 is 0 Å². The van der Waals surface area contributed by atoms with E-state index in [1.165, 1.54) is 27.0 Å². The predicted octanol–water partition coefficient (Wildman–Crippen LogP) is -0.542. The maximum absolute atomic E-state index is 11.8. The Kier molecular flexibility index (Phi) is 6.70. The first-order chi connectivity index (χ1) is 8.95. The predicted molar refractivity (Wildman–Crippen MR) is 71.8 cm³/mol. The van der Waals surface area contributed by atoms with E-state index in [2.05, 4.69) is 14.8 Å². The maximum Gasteiger partial charge on any atom is 0.306 e. The molecule has 0 aromatic rings. The number of carbonyl (C=O) groups is 1. The highest BCUT2D eigenvalue weighted by Gasteiger charge is 2.20. The van der Waals surface area contributed by atoms with Crippen LogP contribution in [-0.2, 0) is 19.7 Å². The Bertz CT molecular complexity index is 381. The van der Waals surface area contributed by atoms with Crippen molar-refractivity contribution in [1.82, 2.24) is 14.3 Å². The lowest BCUT2D eigenvalue weighted by Crippen LogP contribution is -2.40. The summed E-state index contributed by atoms with van der Waals surface area (Å²) < 4.78 is 31.7. The van der Waals surface area contributed by atoms with E-state index in [0.29, 0.717) is 12.6 Å². The molecule has 7 nitrogen and oxygen atoms in total. The van der Waals surface area contributed by atoms with Crippen LogP contribution in [0.5, 0.6) is 0 Å². The Hall–Kier alpha value is -0.700. The van der Waals surface area contributed by atoms with Crippen LogP contribution in [0.4, 0.5) is 0 Å². The number of nitrogens with one attached hydrogen (secondary N) is 2. The van der Waals surface area contributed by atoms with E-state index in [-0.39, 0.29) is 13.0 Å². The molecule has 0 saturated heterocycles. The summed E-state index contributed by atoms with van der Waals surface area (Å²) in [4.78, 5) is 10.9. The van der Waals surface area contributed by atoms with Crippen LogP contribution < -0.4 is 10.0 Å². The quantitative estimate of drug-likeness (QED) is 0.417. The third-order valence-corrected chi connectivity index (χ3v) is 4.49. The number of carbonyl (C=O) groups excluding carboxylic acids is 1. The van der Waals surface area contributed by atoms with Gasteiger partial charge < -0.3 is 10.1 Å². The van der Waals surface area contributed by atoms with Gasteiger partial charge in [-0.15, -0.1) is 0 Å². The molecule has 0 heterocycles. The normalized spacial score (nSPS) is 15.7. The van der Waals surface area contributed by atoms with Gasteiger partial charge in [0, 0.05) is 26.2 Å². The lowest BCUT2D eigenvalue weighted by Gasteiger charge is -2.17. The van der Waals surface area contributed by atoms with E-state index in [1.807, 2.05) is 0 Å². The average Bonchev–Trinajstić information content (AvgIpc) is 3.18. The van der Waals surface area contributed by atoms with Gasteiger partial charge in [-0.3, -0.25) is 4.79 Å². The zero-order valence-electron chi connectivity index (χ0n) is 11.5.